The molecule has 1 atom stereocenters. The number of amides is 1. The minimum Gasteiger partial charge on any atom is -0.497 e. The van der Waals surface area contributed by atoms with Crippen LogP contribution in [0.25, 0.3) is 0 Å². The second kappa shape index (κ2) is 8.97. The van der Waals surface area contributed by atoms with E-state index in [1.807, 2.05) is 24.3 Å². The third kappa shape index (κ3) is 6.27. The molecule has 1 rings (SSSR count). The van der Waals surface area contributed by atoms with Crippen molar-refractivity contribution >= 4 is 11.9 Å². The molecule has 0 saturated heterocycles. The molecule has 0 fully saturated rings. The van der Waals surface area contributed by atoms with Gasteiger partial charge in [0.05, 0.1) is 7.11 Å². The zero-order chi connectivity index (χ0) is 15.7. The number of nitrogens with one attached hydrogen (secondary N) is 1. The molecule has 0 aliphatic heterocycles. The predicted molar refractivity (Wildman–Crippen MR) is 77.4 cm³/mol. The van der Waals surface area contributed by atoms with E-state index in [1.165, 1.54) is 7.11 Å². The average Bonchev–Trinajstić information content (AvgIpc) is 2.49. The highest BCUT2D eigenvalue weighted by Gasteiger charge is 2.19. The van der Waals surface area contributed by atoms with Crippen molar-refractivity contribution in [3.05, 3.63) is 29.8 Å². The van der Waals surface area contributed by atoms with Crippen molar-refractivity contribution in [2.75, 3.05) is 20.8 Å². The smallest absolute Gasteiger partial charge is 0.326 e. The van der Waals surface area contributed by atoms with Crippen LogP contribution in [-0.4, -0.2) is 43.9 Å². The minimum absolute atomic E-state index is 0.239. The number of carbonyl (C=O) groups is 2. The number of carboxylic acids is 1. The van der Waals surface area contributed by atoms with Crippen LogP contribution in [0, 0.1) is 0 Å². The van der Waals surface area contributed by atoms with E-state index in [9.17, 15) is 9.59 Å². The fourth-order valence-corrected chi connectivity index (χ4v) is 1.81. The molecule has 0 aromatic heterocycles. The summed E-state index contributed by atoms with van der Waals surface area (Å²) < 4.78 is 9.88. The van der Waals surface area contributed by atoms with Crippen molar-refractivity contribution in [1.29, 1.82) is 0 Å². The van der Waals surface area contributed by atoms with E-state index in [4.69, 9.17) is 14.6 Å². The highest BCUT2D eigenvalue weighted by Crippen LogP contribution is 2.12. The van der Waals surface area contributed by atoms with Crippen LogP contribution in [0.2, 0.25) is 0 Å². The number of aliphatic carboxylic acids is 1. The maximum atomic E-state index is 11.8. The molecule has 0 spiro atoms. The largest absolute Gasteiger partial charge is 0.497 e. The quantitative estimate of drug-likeness (QED) is 0.716. The number of hydrogen-bond acceptors (Lipinski definition) is 4. The lowest BCUT2D eigenvalue weighted by Gasteiger charge is -2.14. The van der Waals surface area contributed by atoms with Crippen LogP contribution >= 0.6 is 0 Å². The molecule has 6 heteroatoms. The van der Waals surface area contributed by atoms with Gasteiger partial charge in [0.25, 0.3) is 0 Å². The molecule has 116 valence electrons. The van der Waals surface area contributed by atoms with Crippen molar-refractivity contribution in [3.63, 3.8) is 0 Å². The maximum absolute atomic E-state index is 11.8. The lowest BCUT2D eigenvalue weighted by molar-refractivity contribution is -0.142. The summed E-state index contributed by atoms with van der Waals surface area (Å²) in [5.74, 6) is -0.576. The van der Waals surface area contributed by atoms with Gasteiger partial charge in [-0.2, -0.15) is 0 Å². The van der Waals surface area contributed by atoms with Crippen molar-refractivity contribution < 1.29 is 24.2 Å². The van der Waals surface area contributed by atoms with E-state index in [0.717, 1.165) is 11.3 Å². The molecule has 0 heterocycles. The zero-order valence-corrected chi connectivity index (χ0v) is 12.3. The summed E-state index contributed by atoms with van der Waals surface area (Å²) in [5.41, 5.74) is 0.995. The Kier molecular flexibility index (Phi) is 7.25. The highest BCUT2D eigenvalue weighted by atomic mass is 16.5. The van der Waals surface area contributed by atoms with Crippen LogP contribution < -0.4 is 10.1 Å². The normalized spacial score (nSPS) is 11.7. The Hall–Kier alpha value is -2.08. The van der Waals surface area contributed by atoms with Gasteiger partial charge in [0.2, 0.25) is 5.91 Å². The van der Waals surface area contributed by atoms with Crippen LogP contribution in [0.4, 0.5) is 0 Å². The van der Waals surface area contributed by atoms with Crippen LogP contribution in [0.5, 0.6) is 5.75 Å². The molecule has 21 heavy (non-hydrogen) atoms. The molecule has 2 N–H and O–H groups in total. The first-order valence-electron chi connectivity index (χ1n) is 6.71. The Labute approximate surface area is 124 Å². The van der Waals surface area contributed by atoms with E-state index in [1.54, 1.807) is 7.11 Å². The van der Waals surface area contributed by atoms with Gasteiger partial charge in [0.1, 0.15) is 11.8 Å². The number of methoxy groups -OCH3 is 2. The fraction of sp³-hybridized carbons (Fsp3) is 0.467. The first kappa shape index (κ1) is 17.0. The molecular formula is C15H21NO5. The monoisotopic (exact) mass is 295 g/mol. The second-order valence-corrected chi connectivity index (χ2v) is 4.59. The Morgan fingerprint density at radius 3 is 2.43 bits per heavy atom. The van der Waals surface area contributed by atoms with Gasteiger partial charge < -0.3 is 19.9 Å². The maximum Gasteiger partial charge on any atom is 0.326 e. The molecule has 0 bridgehead atoms. The van der Waals surface area contributed by atoms with Crippen molar-refractivity contribution in [3.8, 4) is 5.75 Å². The van der Waals surface area contributed by atoms with Crippen molar-refractivity contribution in [2.45, 2.75) is 25.3 Å². The summed E-state index contributed by atoms with van der Waals surface area (Å²) >= 11 is 0. The van der Waals surface area contributed by atoms with Crippen LogP contribution in [0.15, 0.2) is 24.3 Å². The van der Waals surface area contributed by atoms with Gasteiger partial charge in [-0.15, -0.1) is 0 Å². The minimum atomic E-state index is -1.05. The van der Waals surface area contributed by atoms with Gasteiger partial charge in [-0.25, -0.2) is 4.79 Å². The number of benzene rings is 1. The topological polar surface area (TPSA) is 84.9 Å². The average molecular weight is 295 g/mol. The number of aryl methyl sites for hydroxylation is 1. The highest BCUT2D eigenvalue weighted by molar-refractivity contribution is 5.83. The molecule has 0 aliphatic carbocycles. The predicted octanol–water partition coefficient (Wildman–Crippen LogP) is 1.23. The Balaban J connectivity index is 2.42. The Morgan fingerprint density at radius 2 is 1.90 bits per heavy atom. The van der Waals surface area contributed by atoms with E-state index in [2.05, 4.69) is 5.32 Å². The Morgan fingerprint density at radius 1 is 1.24 bits per heavy atom. The van der Waals surface area contributed by atoms with Gasteiger partial charge in [-0.1, -0.05) is 12.1 Å². The lowest BCUT2D eigenvalue weighted by Crippen LogP contribution is -2.41. The fourth-order valence-electron chi connectivity index (χ4n) is 1.81. The molecule has 1 aromatic carbocycles. The van der Waals surface area contributed by atoms with Crippen molar-refractivity contribution in [2.24, 2.45) is 0 Å². The van der Waals surface area contributed by atoms with Crippen LogP contribution in [0.1, 0.15) is 18.4 Å². The summed E-state index contributed by atoms with van der Waals surface area (Å²) in [6.45, 7) is 0.287. The molecule has 1 amide bonds. The first-order valence-corrected chi connectivity index (χ1v) is 6.71. The zero-order valence-electron chi connectivity index (χ0n) is 12.3. The summed E-state index contributed by atoms with van der Waals surface area (Å²) in [4.78, 5) is 22.8. The third-order valence-corrected chi connectivity index (χ3v) is 3.04. The second-order valence-electron chi connectivity index (χ2n) is 4.59. The van der Waals surface area contributed by atoms with Crippen LogP contribution in [0.3, 0.4) is 0 Å². The summed E-state index contributed by atoms with van der Waals surface area (Å²) in [6, 6.07) is 6.50. The van der Waals surface area contributed by atoms with Gasteiger partial charge in [-0.3, -0.25) is 4.79 Å². The van der Waals surface area contributed by atoms with Gasteiger partial charge in [-0.05, 0) is 24.1 Å². The molecule has 1 aromatic rings. The lowest BCUT2D eigenvalue weighted by atomic mass is 10.1. The van der Waals surface area contributed by atoms with E-state index >= 15 is 0 Å². The van der Waals surface area contributed by atoms with Gasteiger partial charge >= 0.3 is 5.97 Å². The number of rotatable bonds is 9. The van der Waals surface area contributed by atoms with E-state index in [-0.39, 0.29) is 25.4 Å². The SMILES string of the molecule is COCCC(NC(=O)CCc1ccc(OC)cc1)C(=O)O. The summed E-state index contributed by atoms with van der Waals surface area (Å²) in [6.07, 6.45) is 1.04. The molecule has 6 nitrogen and oxygen atoms in total. The molecular weight excluding hydrogens is 274 g/mol. The van der Waals surface area contributed by atoms with Crippen LogP contribution in [-0.2, 0) is 20.7 Å². The molecule has 0 saturated carbocycles. The van der Waals surface area contributed by atoms with Crippen molar-refractivity contribution in [1.82, 2.24) is 5.32 Å². The molecule has 0 aliphatic rings. The van der Waals surface area contributed by atoms with E-state index in [0.29, 0.717) is 6.42 Å². The summed E-state index contributed by atoms with van der Waals surface area (Å²) in [7, 11) is 3.08. The number of carbonyl (C=O) groups excluding carboxylic acids is 1. The third-order valence-electron chi connectivity index (χ3n) is 3.04. The molecule has 0 radical (unpaired) electrons. The number of ether oxygens (including phenoxy) is 2. The molecule has 1 unspecified atom stereocenters. The number of carboxylic acid groups (broad SMARTS) is 1. The van der Waals surface area contributed by atoms with Gasteiger partial charge in [0.15, 0.2) is 0 Å². The Bertz CT molecular complexity index is 458. The van der Waals surface area contributed by atoms with Gasteiger partial charge in [0, 0.05) is 26.6 Å². The first-order chi connectivity index (χ1) is 10.1. The number of hydrogen-bond donors (Lipinski definition) is 2. The van der Waals surface area contributed by atoms with E-state index < -0.39 is 12.0 Å². The standard InChI is InChI=1S/C15H21NO5/c1-20-10-9-13(15(18)19)16-14(17)8-5-11-3-6-12(21-2)7-4-11/h3-4,6-7,13H,5,8-10H2,1-2H3,(H,16,17)(H,18,19). The summed E-state index contributed by atoms with van der Waals surface area (Å²) in [5, 5.41) is 11.5.